The molecule has 2 heterocycles. The van der Waals surface area contributed by atoms with Gasteiger partial charge in [-0.15, -0.1) is 0 Å². The lowest BCUT2D eigenvalue weighted by Gasteiger charge is -2.35. The quantitative estimate of drug-likeness (QED) is 0.556. The third kappa shape index (κ3) is 3.64. The number of nitrogens with zero attached hydrogens (tertiary/aromatic N) is 1. The summed E-state index contributed by atoms with van der Waals surface area (Å²) in [5.41, 5.74) is 4.90. The average molecular weight is 405 g/mol. The maximum absolute atomic E-state index is 11.8. The predicted molar refractivity (Wildman–Crippen MR) is 117 cm³/mol. The summed E-state index contributed by atoms with van der Waals surface area (Å²) in [5.74, 6) is 2.27. The van der Waals surface area contributed by atoms with Crippen LogP contribution in [0.4, 0.5) is 0 Å². The van der Waals surface area contributed by atoms with Crippen LogP contribution in [0.15, 0.2) is 42.6 Å². The van der Waals surface area contributed by atoms with Gasteiger partial charge in [0.15, 0.2) is 11.5 Å². The number of ether oxygens (including phenoxy) is 2. The first-order valence-corrected chi connectivity index (χ1v) is 10.9. The summed E-state index contributed by atoms with van der Waals surface area (Å²) in [4.78, 5) is 17.1. The van der Waals surface area contributed by atoms with E-state index in [1.807, 2.05) is 11.0 Å². The van der Waals surface area contributed by atoms with Crippen molar-refractivity contribution in [1.29, 1.82) is 0 Å². The van der Waals surface area contributed by atoms with E-state index >= 15 is 0 Å². The number of para-hydroxylation sites is 1. The molecule has 1 aromatic heterocycles. The number of rotatable bonds is 8. The zero-order chi connectivity index (χ0) is 20.5. The van der Waals surface area contributed by atoms with E-state index in [-0.39, 0.29) is 6.04 Å². The summed E-state index contributed by atoms with van der Waals surface area (Å²) in [6.07, 6.45) is 8.22. The minimum Gasteiger partial charge on any atom is -0.493 e. The smallest absolute Gasteiger partial charge is 0.210 e. The van der Waals surface area contributed by atoms with Gasteiger partial charge in [0, 0.05) is 23.6 Å². The van der Waals surface area contributed by atoms with E-state index in [9.17, 15) is 4.79 Å². The first-order chi connectivity index (χ1) is 14.8. The van der Waals surface area contributed by atoms with Gasteiger partial charge in [-0.3, -0.25) is 4.79 Å². The van der Waals surface area contributed by atoms with E-state index in [0.717, 1.165) is 55.8 Å². The number of aryl methyl sites for hydroxylation is 1. The van der Waals surface area contributed by atoms with Gasteiger partial charge in [-0.2, -0.15) is 0 Å². The number of H-pyrrole nitrogens is 1. The molecule has 0 radical (unpaired) electrons. The molecule has 0 bridgehead atoms. The Balaban J connectivity index is 1.43. The Morgan fingerprint density at radius 3 is 2.87 bits per heavy atom. The SMILES string of the molecule is COc1cc2c(cc1OCC1CC1)[C@@H](CCc1c[nH]c3ccccc13)N(C=O)CC2. The number of hydrogen-bond acceptors (Lipinski definition) is 3. The Labute approximate surface area is 177 Å². The van der Waals surface area contributed by atoms with Crippen molar-refractivity contribution in [3.8, 4) is 11.5 Å². The molecule has 1 atom stereocenters. The number of amides is 1. The first-order valence-electron chi connectivity index (χ1n) is 10.9. The van der Waals surface area contributed by atoms with Crippen molar-refractivity contribution in [2.24, 2.45) is 5.92 Å². The van der Waals surface area contributed by atoms with Crippen LogP contribution in [0.25, 0.3) is 10.9 Å². The van der Waals surface area contributed by atoms with Crippen molar-refractivity contribution >= 4 is 17.3 Å². The van der Waals surface area contributed by atoms with Gasteiger partial charge < -0.3 is 19.4 Å². The molecule has 5 nitrogen and oxygen atoms in total. The second kappa shape index (κ2) is 8.05. The Bertz CT molecular complexity index is 1050. The highest BCUT2D eigenvalue weighted by atomic mass is 16.5. The molecule has 1 aliphatic heterocycles. The van der Waals surface area contributed by atoms with Crippen molar-refractivity contribution in [3.05, 3.63) is 59.3 Å². The molecule has 1 aliphatic carbocycles. The van der Waals surface area contributed by atoms with Gasteiger partial charge in [-0.05, 0) is 72.9 Å². The number of aromatic nitrogens is 1. The molecule has 0 unspecified atom stereocenters. The van der Waals surface area contributed by atoms with Crippen molar-refractivity contribution in [2.45, 2.75) is 38.1 Å². The number of nitrogens with one attached hydrogen (secondary N) is 1. The number of hydrogen-bond donors (Lipinski definition) is 1. The third-order valence-electron chi connectivity index (χ3n) is 6.49. The van der Waals surface area contributed by atoms with Crippen LogP contribution in [-0.4, -0.2) is 36.6 Å². The molecule has 1 N–H and O–H groups in total. The second-order valence-corrected chi connectivity index (χ2v) is 8.46. The molecule has 3 aromatic rings. The van der Waals surface area contributed by atoms with Crippen LogP contribution in [0.2, 0.25) is 0 Å². The van der Waals surface area contributed by atoms with E-state index in [1.54, 1.807) is 7.11 Å². The number of carbonyl (C=O) groups is 1. The van der Waals surface area contributed by atoms with Crippen LogP contribution < -0.4 is 9.47 Å². The lowest BCUT2D eigenvalue weighted by atomic mass is 9.88. The fourth-order valence-electron chi connectivity index (χ4n) is 4.57. The predicted octanol–water partition coefficient (Wildman–Crippen LogP) is 4.65. The maximum atomic E-state index is 11.8. The fraction of sp³-hybridized carbons (Fsp3) is 0.400. The summed E-state index contributed by atoms with van der Waals surface area (Å²) in [5, 5.41) is 1.26. The van der Waals surface area contributed by atoms with Crippen LogP contribution in [-0.2, 0) is 17.6 Å². The lowest BCUT2D eigenvalue weighted by Crippen LogP contribution is -2.34. The Morgan fingerprint density at radius 2 is 2.07 bits per heavy atom. The lowest BCUT2D eigenvalue weighted by molar-refractivity contribution is -0.120. The van der Waals surface area contributed by atoms with E-state index < -0.39 is 0 Å². The van der Waals surface area contributed by atoms with Gasteiger partial charge in [-0.1, -0.05) is 18.2 Å². The van der Waals surface area contributed by atoms with Crippen LogP contribution in [0.5, 0.6) is 11.5 Å². The number of benzene rings is 2. The molecule has 2 aromatic carbocycles. The van der Waals surface area contributed by atoms with Crippen molar-refractivity contribution in [1.82, 2.24) is 9.88 Å². The standard InChI is InChI=1S/C25H28N2O3/c1-29-24-12-18-10-11-27(16-28)23(21(18)13-25(24)30-15-17-6-7-17)9-8-19-14-26-22-5-3-2-4-20(19)22/h2-5,12-14,16-17,23,26H,6-11,15H2,1H3/t23-/m1/s1. The highest BCUT2D eigenvalue weighted by molar-refractivity contribution is 5.83. The van der Waals surface area contributed by atoms with Gasteiger partial charge in [0.1, 0.15) is 0 Å². The van der Waals surface area contributed by atoms with Gasteiger partial charge in [0.2, 0.25) is 6.41 Å². The van der Waals surface area contributed by atoms with Crippen LogP contribution in [0, 0.1) is 5.92 Å². The van der Waals surface area contributed by atoms with E-state index in [4.69, 9.17) is 9.47 Å². The first kappa shape index (κ1) is 19.0. The molecular formula is C25H28N2O3. The Morgan fingerprint density at radius 1 is 1.20 bits per heavy atom. The minimum absolute atomic E-state index is 0.0501. The van der Waals surface area contributed by atoms with E-state index in [1.165, 1.54) is 34.9 Å². The summed E-state index contributed by atoms with van der Waals surface area (Å²) in [7, 11) is 1.70. The second-order valence-electron chi connectivity index (χ2n) is 8.46. The van der Waals surface area contributed by atoms with Crippen LogP contribution >= 0.6 is 0 Å². The molecule has 30 heavy (non-hydrogen) atoms. The van der Waals surface area contributed by atoms with Gasteiger partial charge in [-0.25, -0.2) is 0 Å². The van der Waals surface area contributed by atoms with Crippen molar-refractivity contribution < 1.29 is 14.3 Å². The molecular weight excluding hydrogens is 376 g/mol. The molecule has 0 spiro atoms. The summed E-state index contributed by atoms with van der Waals surface area (Å²) < 4.78 is 11.7. The van der Waals surface area contributed by atoms with Gasteiger partial charge >= 0.3 is 0 Å². The largest absolute Gasteiger partial charge is 0.493 e. The summed E-state index contributed by atoms with van der Waals surface area (Å²) >= 11 is 0. The highest BCUT2D eigenvalue weighted by Crippen LogP contribution is 2.40. The van der Waals surface area contributed by atoms with Gasteiger partial charge in [0.05, 0.1) is 19.8 Å². The topological polar surface area (TPSA) is 54.6 Å². The maximum Gasteiger partial charge on any atom is 0.210 e. The molecule has 1 saturated carbocycles. The van der Waals surface area contributed by atoms with Gasteiger partial charge in [0.25, 0.3) is 0 Å². The molecule has 156 valence electrons. The van der Waals surface area contributed by atoms with Crippen LogP contribution in [0.1, 0.15) is 42.0 Å². The van der Waals surface area contributed by atoms with E-state index in [0.29, 0.717) is 5.92 Å². The summed E-state index contributed by atoms with van der Waals surface area (Å²) in [6, 6.07) is 12.6. The summed E-state index contributed by atoms with van der Waals surface area (Å²) in [6.45, 7) is 1.48. The Hall–Kier alpha value is -2.95. The average Bonchev–Trinajstić information content (AvgIpc) is 3.53. The molecule has 0 saturated heterocycles. The monoisotopic (exact) mass is 404 g/mol. The zero-order valence-electron chi connectivity index (χ0n) is 17.4. The molecule has 1 fully saturated rings. The fourth-order valence-corrected chi connectivity index (χ4v) is 4.57. The molecule has 5 heteroatoms. The minimum atomic E-state index is 0.0501. The van der Waals surface area contributed by atoms with E-state index in [2.05, 4.69) is 41.5 Å². The van der Waals surface area contributed by atoms with Crippen molar-refractivity contribution in [2.75, 3.05) is 20.3 Å². The number of aromatic amines is 1. The number of carbonyl (C=O) groups excluding carboxylic acids is 1. The van der Waals surface area contributed by atoms with Crippen molar-refractivity contribution in [3.63, 3.8) is 0 Å². The molecule has 2 aliphatic rings. The van der Waals surface area contributed by atoms with Crippen LogP contribution in [0.3, 0.4) is 0 Å². The highest BCUT2D eigenvalue weighted by Gasteiger charge is 2.29. The zero-order valence-corrected chi connectivity index (χ0v) is 17.4. The molecule has 5 rings (SSSR count). The number of fused-ring (bicyclic) bond motifs is 2. The molecule has 1 amide bonds. The Kier molecular flexibility index (Phi) is 5.11. The number of methoxy groups -OCH3 is 1. The third-order valence-corrected chi connectivity index (χ3v) is 6.49. The normalized spacial score (nSPS) is 18.3.